The zero-order valence-corrected chi connectivity index (χ0v) is 7.76. The summed E-state index contributed by atoms with van der Waals surface area (Å²) in [7, 11) is 2.99. The lowest BCUT2D eigenvalue weighted by atomic mass is 10.3. The Morgan fingerprint density at radius 2 is 1.75 bits per heavy atom. The van der Waals surface area contributed by atoms with Crippen LogP contribution in [0.25, 0.3) is 0 Å². The van der Waals surface area contributed by atoms with Gasteiger partial charge in [0.1, 0.15) is 5.75 Å². The molecule has 0 radical (unpaired) electrons. The van der Waals surface area contributed by atoms with Gasteiger partial charge in [0.25, 0.3) is 0 Å². The van der Waals surface area contributed by atoms with Crippen molar-refractivity contribution in [2.24, 2.45) is 0 Å². The number of ether oxygens (including phenoxy) is 1. The fourth-order valence-corrected chi connectivity index (χ4v) is 1.33. The van der Waals surface area contributed by atoms with Crippen LogP contribution in [0.2, 0.25) is 0 Å². The zero-order valence-electron chi connectivity index (χ0n) is 6.94. The summed E-state index contributed by atoms with van der Waals surface area (Å²) in [5.74, 6) is 0.742. The van der Waals surface area contributed by atoms with E-state index in [1.54, 1.807) is 31.4 Å². The molecule has 0 aliphatic carbocycles. The lowest BCUT2D eigenvalue weighted by molar-refractivity contribution is 0.414. The molecular weight excluding hydrogens is 178 g/mol. The second kappa shape index (κ2) is 4.23. The van der Waals surface area contributed by atoms with Gasteiger partial charge in [0.2, 0.25) is 0 Å². The number of rotatable bonds is 3. The van der Waals surface area contributed by atoms with Crippen LogP contribution in [0.1, 0.15) is 0 Å². The predicted octanol–water partition coefficient (Wildman–Crippen LogP) is 1.36. The largest absolute Gasteiger partial charge is 0.497 e. The van der Waals surface area contributed by atoms with Gasteiger partial charge in [0.05, 0.1) is 19.1 Å². The van der Waals surface area contributed by atoms with E-state index in [1.807, 2.05) is 0 Å². The van der Waals surface area contributed by atoms with Gasteiger partial charge in [-0.2, -0.15) is 0 Å². The first kappa shape index (κ1) is 9.22. The van der Waals surface area contributed by atoms with Gasteiger partial charge in [-0.15, -0.1) is 0 Å². The van der Waals surface area contributed by atoms with Crippen LogP contribution >= 0.6 is 0 Å². The Hall–Kier alpha value is -0.870. The standard InChI is InChI=1S/C8H10O3S/c1-10-7-3-5-8(6-4-7)12(9)11-2/h3-6H,1-2H3/i9+2. The molecule has 0 saturated heterocycles. The van der Waals surface area contributed by atoms with E-state index in [1.165, 1.54) is 7.11 Å². The lowest BCUT2D eigenvalue weighted by Crippen LogP contribution is -1.92. The van der Waals surface area contributed by atoms with Crippen molar-refractivity contribution in [2.45, 2.75) is 4.90 Å². The maximum Gasteiger partial charge on any atom is 0.188 e. The molecular formula is C8H10O3S. The van der Waals surface area contributed by atoms with Crippen molar-refractivity contribution in [2.75, 3.05) is 14.2 Å². The smallest absolute Gasteiger partial charge is 0.188 e. The summed E-state index contributed by atoms with van der Waals surface area (Å²) in [5, 5.41) is 0. The fourth-order valence-electron chi connectivity index (χ4n) is 0.783. The van der Waals surface area contributed by atoms with E-state index in [4.69, 9.17) is 4.74 Å². The molecule has 0 aliphatic rings. The molecule has 0 fully saturated rings. The van der Waals surface area contributed by atoms with Crippen molar-refractivity contribution in [3.05, 3.63) is 24.3 Å². The van der Waals surface area contributed by atoms with Crippen molar-refractivity contribution in [1.29, 1.82) is 0 Å². The highest BCUT2D eigenvalue weighted by Gasteiger charge is 2.00. The first-order valence-electron chi connectivity index (χ1n) is 3.38. The quantitative estimate of drug-likeness (QED) is 0.672. The van der Waals surface area contributed by atoms with E-state index in [-0.39, 0.29) is 0 Å². The number of hydrogen-bond acceptors (Lipinski definition) is 3. The fraction of sp³-hybridized carbons (Fsp3) is 0.250. The van der Waals surface area contributed by atoms with Gasteiger partial charge in [-0.3, -0.25) is 4.18 Å². The van der Waals surface area contributed by atoms with Crippen LogP contribution in [0.4, 0.5) is 0 Å². The second-order valence-corrected chi connectivity index (χ2v) is 3.35. The first-order chi connectivity index (χ1) is 5.77. The van der Waals surface area contributed by atoms with Crippen molar-refractivity contribution in [1.82, 2.24) is 0 Å². The van der Waals surface area contributed by atoms with Gasteiger partial charge in [-0.25, -0.2) is 4.21 Å². The normalized spacial score (nSPS) is 12.5. The molecule has 1 unspecified atom stereocenters. The highest BCUT2D eigenvalue weighted by atomic mass is 32.2. The molecule has 0 spiro atoms. The molecule has 1 rings (SSSR count). The van der Waals surface area contributed by atoms with E-state index < -0.39 is 11.1 Å². The molecule has 0 amide bonds. The highest BCUT2D eigenvalue weighted by molar-refractivity contribution is 7.80. The van der Waals surface area contributed by atoms with Crippen LogP contribution in [0, 0.1) is 0 Å². The van der Waals surface area contributed by atoms with Gasteiger partial charge < -0.3 is 4.74 Å². The number of hydrogen-bond donors (Lipinski definition) is 0. The Morgan fingerprint density at radius 1 is 1.17 bits per heavy atom. The molecule has 12 heavy (non-hydrogen) atoms. The Balaban J connectivity index is 2.84. The molecule has 4 heteroatoms. The molecule has 1 aromatic rings. The van der Waals surface area contributed by atoms with Gasteiger partial charge in [0.15, 0.2) is 11.1 Å². The third kappa shape index (κ3) is 2.06. The van der Waals surface area contributed by atoms with Gasteiger partial charge in [-0.1, -0.05) is 0 Å². The van der Waals surface area contributed by atoms with Crippen molar-refractivity contribution in [3.8, 4) is 5.75 Å². The summed E-state index contributed by atoms with van der Waals surface area (Å²) in [6.07, 6.45) is 0. The monoisotopic (exact) mass is 188 g/mol. The van der Waals surface area contributed by atoms with Crippen LogP contribution < -0.4 is 4.74 Å². The predicted molar refractivity (Wildman–Crippen MR) is 46.4 cm³/mol. The summed E-state index contributed by atoms with van der Waals surface area (Å²) in [6.45, 7) is 0. The summed E-state index contributed by atoms with van der Waals surface area (Å²) >= 11 is -1.36. The van der Waals surface area contributed by atoms with E-state index in [0.717, 1.165) is 5.75 Å². The molecule has 1 atom stereocenters. The van der Waals surface area contributed by atoms with Crippen molar-refractivity contribution < 1.29 is 13.1 Å². The van der Waals surface area contributed by atoms with E-state index in [2.05, 4.69) is 4.18 Å². The van der Waals surface area contributed by atoms with Gasteiger partial charge in [-0.05, 0) is 24.3 Å². The number of benzene rings is 1. The van der Waals surface area contributed by atoms with E-state index in [0.29, 0.717) is 4.90 Å². The first-order valence-corrected chi connectivity index (χ1v) is 4.45. The summed E-state index contributed by atoms with van der Waals surface area (Å²) in [6, 6.07) is 6.90. The minimum Gasteiger partial charge on any atom is -0.497 e. The molecule has 0 heterocycles. The number of methoxy groups -OCH3 is 1. The molecule has 0 aromatic heterocycles. The van der Waals surface area contributed by atoms with Gasteiger partial charge >= 0.3 is 0 Å². The third-order valence-corrected chi connectivity index (χ3v) is 2.36. The average Bonchev–Trinajstić information content (AvgIpc) is 2.17. The van der Waals surface area contributed by atoms with Crippen molar-refractivity contribution >= 4 is 11.1 Å². The van der Waals surface area contributed by atoms with Crippen LogP contribution in [0.3, 0.4) is 0 Å². The van der Waals surface area contributed by atoms with E-state index >= 15 is 0 Å². The molecule has 66 valence electrons. The Morgan fingerprint density at radius 3 is 2.17 bits per heavy atom. The maximum atomic E-state index is 11.1. The zero-order chi connectivity index (χ0) is 8.97. The molecule has 1 aromatic carbocycles. The average molecular weight is 188 g/mol. The maximum absolute atomic E-state index is 11.1. The molecule has 3 nitrogen and oxygen atoms in total. The van der Waals surface area contributed by atoms with Crippen molar-refractivity contribution in [3.63, 3.8) is 0 Å². The Kier molecular flexibility index (Phi) is 3.25. The summed E-state index contributed by atoms with van der Waals surface area (Å²) < 4.78 is 20.6. The van der Waals surface area contributed by atoms with Crippen LogP contribution in [0.15, 0.2) is 29.2 Å². The minimum absolute atomic E-state index is 0.637. The second-order valence-electron chi connectivity index (χ2n) is 2.08. The molecule has 0 aliphatic heterocycles. The molecule has 0 N–H and O–H groups in total. The third-order valence-electron chi connectivity index (χ3n) is 1.40. The van der Waals surface area contributed by atoms with E-state index in [9.17, 15) is 4.21 Å². The topological polar surface area (TPSA) is 35.5 Å². The SMILES string of the molecule is COc1ccc(S(=[18O])OC)cc1. The van der Waals surface area contributed by atoms with Crippen LogP contribution in [-0.2, 0) is 15.3 Å². The minimum atomic E-state index is -1.36. The molecule has 0 bridgehead atoms. The van der Waals surface area contributed by atoms with Gasteiger partial charge in [0, 0.05) is 0 Å². The Bertz CT molecular complexity index is 268. The summed E-state index contributed by atoms with van der Waals surface area (Å²) in [5.41, 5.74) is 0. The summed E-state index contributed by atoms with van der Waals surface area (Å²) in [4.78, 5) is 0.637. The van der Waals surface area contributed by atoms with Crippen LogP contribution in [0.5, 0.6) is 5.75 Å². The highest BCUT2D eigenvalue weighted by Crippen LogP contribution is 2.13. The Labute approximate surface area is 74.0 Å². The molecule has 0 saturated carbocycles. The van der Waals surface area contributed by atoms with Crippen LogP contribution in [-0.4, -0.2) is 18.4 Å². The lowest BCUT2D eigenvalue weighted by Gasteiger charge is -2.00.